The maximum absolute atomic E-state index is 13.8. The van der Waals surface area contributed by atoms with Gasteiger partial charge >= 0.3 is 0 Å². The molecule has 2 amide bonds. The van der Waals surface area contributed by atoms with Crippen LogP contribution in [0.5, 0.6) is 5.75 Å². The van der Waals surface area contributed by atoms with Crippen LogP contribution in [0.15, 0.2) is 23.1 Å². The molecule has 5 atom stereocenters. The van der Waals surface area contributed by atoms with E-state index in [1.54, 1.807) is 4.90 Å². The van der Waals surface area contributed by atoms with Crippen molar-refractivity contribution in [3.05, 3.63) is 62.8 Å². The molecule has 2 aliphatic carbocycles. The van der Waals surface area contributed by atoms with E-state index >= 15 is 0 Å². The third kappa shape index (κ3) is 2.52. The number of halogens is 3. The molecule has 10 heteroatoms. The van der Waals surface area contributed by atoms with Gasteiger partial charge in [-0.05, 0) is 36.7 Å². The van der Waals surface area contributed by atoms with Gasteiger partial charge in [0, 0.05) is 37.0 Å². The van der Waals surface area contributed by atoms with Crippen molar-refractivity contribution in [2.24, 2.45) is 17.8 Å². The van der Waals surface area contributed by atoms with E-state index in [2.05, 4.69) is 5.32 Å². The highest BCUT2D eigenvalue weighted by molar-refractivity contribution is 5.99. The third-order valence-corrected chi connectivity index (χ3v) is 7.51. The molecule has 2 unspecified atom stereocenters. The van der Waals surface area contributed by atoms with Crippen molar-refractivity contribution in [2.45, 2.75) is 38.0 Å². The molecule has 2 aromatic rings. The van der Waals surface area contributed by atoms with Gasteiger partial charge in [0.05, 0.1) is 6.04 Å². The van der Waals surface area contributed by atoms with Crippen LogP contribution in [0, 0.1) is 35.2 Å². The first-order chi connectivity index (χ1) is 15.3. The number of nitrogens with one attached hydrogen (secondary N) is 1. The van der Waals surface area contributed by atoms with Crippen LogP contribution in [0.2, 0.25) is 0 Å². The fourth-order valence-electron chi connectivity index (χ4n) is 6.01. The fraction of sp³-hybridized carbons (Fsp3) is 0.409. The maximum Gasteiger partial charge on any atom is 0.275 e. The summed E-state index contributed by atoms with van der Waals surface area (Å²) >= 11 is 0. The molecule has 1 aromatic carbocycles. The Kier molecular flexibility index (Phi) is 3.86. The van der Waals surface area contributed by atoms with Crippen LogP contribution in [0.3, 0.4) is 0 Å². The Labute approximate surface area is 179 Å². The van der Waals surface area contributed by atoms with Gasteiger partial charge in [-0.3, -0.25) is 14.4 Å². The van der Waals surface area contributed by atoms with Crippen LogP contribution in [0.1, 0.15) is 39.3 Å². The number of fused-ring (bicyclic) bond motifs is 9. The molecule has 2 aliphatic heterocycles. The highest BCUT2D eigenvalue weighted by atomic mass is 19.2. The molecule has 0 radical (unpaired) electrons. The number of aromatic nitrogens is 1. The molecule has 3 heterocycles. The second kappa shape index (κ2) is 6.36. The van der Waals surface area contributed by atoms with Crippen molar-refractivity contribution in [3.8, 4) is 5.75 Å². The van der Waals surface area contributed by atoms with Crippen molar-refractivity contribution in [1.82, 2.24) is 14.8 Å². The average Bonchev–Trinajstić information content (AvgIpc) is 3.37. The molecule has 32 heavy (non-hydrogen) atoms. The number of benzene rings is 1. The van der Waals surface area contributed by atoms with Crippen LogP contribution >= 0.6 is 0 Å². The highest BCUT2D eigenvalue weighted by Gasteiger charge is 2.66. The number of amides is 2. The molecule has 7 nitrogen and oxygen atoms in total. The Morgan fingerprint density at radius 1 is 1.03 bits per heavy atom. The Morgan fingerprint density at radius 2 is 1.75 bits per heavy atom. The van der Waals surface area contributed by atoms with Gasteiger partial charge in [0.15, 0.2) is 23.1 Å². The van der Waals surface area contributed by atoms with E-state index in [9.17, 15) is 32.7 Å². The van der Waals surface area contributed by atoms with Gasteiger partial charge in [0.2, 0.25) is 5.43 Å². The van der Waals surface area contributed by atoms with Gasteiger partial charge in [-0.15, -0.1) is 0 Å². The van der Waals surface area contributed by atoms with Crippen LogP contribution in [-0.4, -0.2) is 38.5 Å². The Hall–Kier alpha value is -3.30. The Bertz CT molecular complexity index is 1280. The minimum atomic E-state index is -1.35. The fourth-order valence-corrected chi connectivity index (χ4v) is 6.01. The smallest absolute Gasteiger partial charge is 0.275 e. The SMILES string of the molecule is O=C(NCc1cc(F)c(F)cc1F)c1cn2c(c(O)c1=O)C(=O)N1C3CC([C@@H]4C[C@H]34)[C@@H]1C2. The molecule has 2 bridgehead atoms. The van der Waals surface area contributed by atoms with Crippen molar-refractivity contribution in [2.75, 3.05) is 0 Å². The first-order valence-corrected chi connectivity index (χ1v) is 10.5. The zero-order valence-corrected chi connectivity index (χ0v) is 16.6. The lowest BCUT2D eigenvalue weighted by Gasteiger charge is -2.40. The summed E-state index contributed by atoms with van der Waals surface area (Å²) in [7, 11) is 0. The van der Waals surface area contributed by atoms with Crippen molar-refractivity contribution < 1.29 is 27.9 Å². The van der Waals surface area contributed by atoms with Gasteiger partial charge in [0.25, 0.3) is 11.8 Å². The second-order valence-electron chi connectivity index (χ2n) is 9.07. The first-order valence-electron chi connectivity index (χ1n) is 10.5. The van der Waals surface area contributed by atoms with Gasteiger partial charge < -0.3 is 19.9 Å². The summed E-state index contributed by atoms with van der Waals surface area (Å²) in [5, 5.41) is 12.8. The molecule has 6 rings (SSSR count). The maximum atomic E-state index is 13.8. The molecule has 1 saturated heterocycles. The van der Waals surface area contributed by atoms with Crippen LogP contribution in [-0.2, 0) is 13.1 Å². The number of nitrogens with zero attached hydrogens (tertiary/aromatic N) is 2. The Morgan fingerprint density at radius 3 is 2.53 bits per heavy atom. The number of pyridine rings is 1. The molecule has 166 valence electrons. The van der Waals surface area contributed by atoms with Gasteiger partial charge in [0.1, 0.15) is 11.4 Å². The summed E-state index contributed by atoms with van der Waals surface area (Å²) in [6.45, 7) is -0.122. The minimum Gasteiger partial charge on any atom is -0.503 e. The molecule has 4 aliphatic rings. The summed E-state index contributed by atoms with van der Waals surface area (Å²) in [5.41, 5.74) is -1.85. The van der Waals surface area contributed by atoms with Crippen molar-refractivity contribution in [3.63, 3.8) is 0 Å². The normalized spacial score (nSPS) is 28.9. The summed E-state index contributed by atoms with van der Waals surface area (Å²) in [5.74, 6) is -4.26. The lowest BCUT2D eigenvalue weighted by Crippen LogP contribution is -2.53. The van der Waals surface area contributed by atoms with E-state index < -0.39 is 52.6 Å². The standard InChI is InChI=1S/C22H18F3N3O4/c23-13-4-15(25)14(24)1-8(13)5-26-21(31)12-6-27-7-17-11-3-16(10-2-9(10)11)28(17)22(32)18(27)20(30)19(12)29/h1,4,6,9-11,16-17,30H,2-3,5,7H2,(H,26,31)/t9-,10+,11?,16?,17+/m1/s1. The minimum absolute atomic E-state index is 0.0298. The Balaban J connectivity index is 1.30. The van der Waals surface area contributed by atoms with E-state index in [0.717, 1.165) is 12.8 Å². The molecular formula is C22H18F3N3O4. The predicted octanol–water partition coefficient (Wildman–Crippen LogP) is 1.76. The van der Waals surface area contributed by atoms with E-state index in [4.69, 9.17) is 0 Å². The number of rotatable bonds is 3. The number of hydrogen-bond acceptors (Lipinski definition) is 4. The van der Waals surface area contributed by atoms with Crippen LogP contribution < -0.4 is 10.7 Å². The summed E-state index contributed by atoms with van der Waals surface area (Å²) in [4.78, 5) is 40.2. The second-order valence-corrected chi connectivity index (χ2v) is 9.07. The number of aromatic hydroxyl groups is 1. The summed E-state index contributed by atoms with van der Waals surface area (Å²) in [6, 6.07) is 1.11. The average molecular weight is 445 g/mol. The van der Waals surface area contributed by atoms with Crippen molar-refractivity contribution >= 4 is 11.8 Å². The quantitative estimate of drug-likeness (QED) is 0.705. The molecule has 0 spiro atoms. The van der Waals surface area contributed by atoms with Gasteiger partial charge in [-0.25, -0.2) is 13.2 Å². The van der Waals surface area contributed by atoms with E-state index in [1.165, 1.54) is 10.8 Å². The largest absolute Gasteiger partial charge is 0.503 e. The van der Waals surface area contributed by atoms with Crippen LogP contribution in [0.25, 0.3) is 0 Å². The molecule has 3 fully saturated rings. The lowest BCUT2D eigenvalue weighted by atomic mass is 9.94. The van der Waals surface area contributed by atoms with E-state index in [-0.39, 0.29) is 23.3 Å². The summed E-state index contributed by atoms with van der Waals surface area (Å²) < 4.78 is 41.7. The van der Waals surface area contributed by atoms with E-state index in [1.807, 2.05) is 0 Å². The van der Waals surface area contributed by atoms with Gasteiger partial charge in [-0.2, -0.15) is 0 Å². The van der Waals surface area contributed by atoms with Crippen molar-refractivity contribution in [1.29, 1.82) is 0 Å². The number of carbonyl (C=O) groups excluding carboxylic acids is 2. The molecule has 2 N–H and O–H groups in total. The summed E-state index contributed by atoms with van der Waals surface area (Å²) in [6.07, 6.45) is 3.27. The molecule has 2 saturated carbocycles. The number of piperidine rings is 1. The lowest BCUT2D eigenvalue weighted by molar-refractivity contribution is 0.0465. The predicted molar refractivity (Wildman–Crippen MR) is 103 cm³/mol. The van der Waals surface area contributed by atoms with E-state index in [0.29, 0.717) is 36.4 Å². The van der Waals surface area contributed by atoms with Crippen LogP contribution in [0.4, 0.5) is 13.2 Å². The number of hydrogen-bond donors (Lipinski definition) is 2. The highest BCUT2D eigenvalue weighted by Crippen LogP contribution is 2.64. The third-order valence-electron chi connectivity index (χ3n) is 7.51. The molecule has 1 aromatic heterocycles. The zero-order valence-electron chi connectivity index (χ0n) is 16.6. The molecular weight excluding hydrogens is 427 g/mol. The zero-order chi connectivity index (χ0) is 22.5. The number of carbonyl (C=O) groups is 2. The monoisotopic (exact) mass is 445 g/mol. The first kappa shape index (κ1) is 19.4. The van der Waals surface area contributed by atoms with Gasteiger partial charge in [-0.1, -0.05) is 0 Å². The topological polar surface area (TPSA) is 91.6 Å².